The van der Waals surface area contributed by atoms with Crippen LogP contribution in [-0.2, 0) is 29.3 Å². The number of hydrogen-bond acceptors (Lipinski definition) is 7. The molecule has 190 valence electrons. The number of hydrogen-bond donors (Lipinski definition) is 1. The van der Waals surface area contributed by atoms with Gasteiger partial charge in [0.15, 0.2) is 0 Å². The predicted molar refractivity (Wildman–Crippen MR) is 140 cm³/mol. The number of carboxylic acids is 1. The number of benzene rings is 2. The molecule has 0 aliphatic carbocycles. The molecule has 2 heterocycles. The quantitative estimate of drug-likeness (QED) is 0.302. The van der Waals surface area contributed by atoms with Crippen molar-refractivity contribution >= 4 is 28.3 Å². The predicted octanol–water partition coefficient (Wildman–Crippen LogP) is 5.49. The fourth-order valence-corrected chi connectivity index (χ4v) is 5.61. The minimum absolute atomic E-state index is 0.345. The highest BCUT2D eigenvalue weighted by Crippen LogP contribution is 2.45. The maximum atomic E-state index is 12.4. The number of rotatable bonds is 10. The van der Waals surface area contributed by atoms with E-state index in [2.05, 4.69) is 10.3 Å². The van der Waals surface area contributed by atoms with E-state index in [9.17, 15) is 9.90 Å². The molecule has 0 radical (unpaired) electrons. The fourth-order valence-electron chi connectivity index (χ4n) is 4.38. The van der Waals surface area contributed by atoms with Gasteiger partial charge >= 0.3 is 5.97 Å². The molecule has 2 aromatic carbocycles. The molecule has 0 amide bonds. The zero-order valence-electron chi connectivity index (χ0n) is 21.5. The average Bonchev–Trinajstić information content (AvgIpc) is 3.44. The molecule has 8 nitrogen and oxygen atoms in total. The zero-order chi connectivity index (χ0) is 26.0. The Hall–Kier alpha value is -3.30. The number of thiazole rings is 1. The highest BCUT2D eigenvalue weighted by atomic mass is 32.1. The summed E-state index contributed by atoms with van der Waals surface area (Å²) in [4.78, 5) is 18.3. The van der Waals surface area contributed by atoms with Gasteiger partial charge in [-0.05, 0) is 69.5 Å². The molecule has 4 aromatic rings. The van der Waals surface area contributed by atoms with Crippen LogP contribution in [0.2, 0.25) is 0 Å². The molecular formula is C27H32N4O4S. The Bertz CT molecular complexity index is 1370. The van der Waals surface area contributed by atoms with Gasteiger partial charge in [-0.1, -0.05) is 23.4 Å². The molecule has 0 bridgehead atoms. The first kappa shape index (κ1) is 25.8. The van der Waals surface area contributed by atoms with E-state index in [0.717, 1.165) is 49.1 Å². The average molecular weight is 509 g/mol. The number of carboxylic acid groups (broad SMARTS) is 1. The summed E-state index contributed by atoms with van der Waals surface area (Å²) in [5.41, 5.74) is 4.33. The summed E-state index contributed by atoms with van der Waals surface area (Å²) in [6.07, 6.45) is 0. The summed E-state index contributed by atoms with van der Waals surface area (Å²) in [5, 5.41) is 19.6. The Kier molecular flexibility index (Phi) is 7.42. The van der Waals surface area contributed by atoms with E-state index >= 15 is 0 Å². The number of methoxy groups -OCH3 is 1. The van der Waals surface area contributed by atoms with Gasteiger partial charge in [0.05, 0.1) is 42.9 Å². The SMILES string of the molecule is CCn1nnc2c(C)c([C@H](c3nc(COCc4ccc(OC)cc4)c(C)s3)C(C)(C)C(=O)O)ccc21. The summed E-state index contributed by atoms with van der Waals surface area (Å²) in [7, 11) is 1.64. The highest BCUT2D eigenvalue weighted by molar-refractivity contribution is 7.11. The molecule has 0 saturated heterocycles. The van der Waals surface area contributed by atoms with Crippen LogP contribution in [0.5, 0.6) is 5.75 Å². The van der Waals surface area contributed by atoms with Crippen LogP contribution in [-0.4, -0.2) is 38.2 Å². The molecule has 0 fully saturated rings. The van der Waals surface area contributed by atoms with Crippen LogP contribution in [0, 0.1) is 19.3 Å². The van der Waals surface area contributed by atoms with Crippen molar-refractivity contribution in [2.75, 3.05) is 7.11 Å². The van der Waals surface area contributed by atoms with Crippen molar-refractivity contribution < 1.29 is 19.4 Å². The van der Waals surface area contributed by atoms with Crippen LogP contribution >= 0.6 is 11.3 Å². The van der Waals surface area contributed by atoms with E-state index < -0.39 is 17.3 Å². The summed E-state index contributed by atoms with van der Waals surface area (Å²) < 4.78 is 13.0. The minimum atomic E-state index is -1.09. The lowest BCUT2D eigenvalue weighted by Crippen LogP contribution is -2.32. The first-order valence-electron chi connectivity index (χ1n) is 11.9. The molecule has 4 rings (SSSR count). The van der Waals surface area contributed by atoms with E-state index in [4.69, 9.17) is 14.5 Å². The third-order valence-electron chi connectivity index (χ3n) is 6.69. The number of nitrogens with zero attached hydrogens (tertiary/aromatic N) is 4. The number of fused-ring (bicyclic) bond motifs is 1. The summed E-state index contributed by atoms with van der Waals surface area (Å²) in [5.74, 6) is -0.531. The smallest absolute Gasteiger partial charge is 0.310 e. The summed E-state index contributed by atoms with van der Waals surface area (Å²) in [6, 6.07) is 11.7. The van der Waals surface area contributed by atoms with Crippen molar-refractivity contribution in [3.63, 3.8) is 0 Å². The van der Waals surface area contributed by atoms with Gasteiger partial charge < -0.3 is 14.6 Å². The first-order chi connectivity index (χ1) is 17.2. The molecule has 2 aromatic heterocycles. The zero-order valence-corrected chi connectivity index (χ0v) is 22.3. The molecule has 0 aliphatic heterocycles. The monoisotopic (exact) mass is 508 g/mol. The molecule has 1 N–H and O–H groups in total. The maximum Gasteiger partial charge on any atom is 0.310 e. The second-order valence-electron chi connectivity index (χ2n) is 9.41. The van der Waals surface area contributed by atoms with Gasteiger partial charge in [0.25, 0.3) is 0 Å². The second-order valence-corrected chi connectivity index (χ2v) is 10.6. The van der Waals surface area contributed by atoms with Gasteiger partial charge in [0.2, 0.25) is 0 Å². The van der Waals surface area contributed by atoms with Gasteiger partial charge in [0, 0.05) is 11.4 Å². The Labute approximate surface area is 214 Å². The van der Waals surface area contributed by atoms with Crippen molar-refractivity contribution in [2.24, 2.45) is 5.41 Å². The standard InChI is InChI=1S/C27H32N4O4S/c1-7-31-22-13-12-20(16(2)24(22)29-30-31)23(27(4,5)26(32)33)25-28-21(17(3)36-25)15-35-14-18-8-10-19(34-6)11-9-18/h8-13,23H,7,14-15H2,1-6H3,(H,32,33)/t23-/m1/s1. The summed E-state index contributed by atoms with van der Waals surface area (Å²) in [6.45, 7) is 11.0. The van der Waals surface area contributed by atoms with E-state index in [-0.39, 0.29) is 0 Å². The van der Waals surface area contributed by atoms with Crippen LogP contribution in [0.1, 0.15) is 59.0 Å². The Balaban J connectivity index is 1.65. The van der Waals surface area contributed by atoms with Crippen molar-refractivity contribution in [1.82, 2.24) is 20.0 Å². The lowest BCUT2D eigenvalue weighted by molar-refractivity contribution is -0.147. The molecule has 1 atom stereocenters. The topological polar surface area (TPSA) is 99.4 Å². The van der Waals surface area contributed by atoms with E-state index in [1.54, 1.807) is 21.0 Å². The van der Waals surface area contributed by atoms with Crippen LogP contribution in [0.3, 0.4) is 0 Å². The number of aryl methyl sites for hydroxylation is 3. The molecule has 0 saturated carbocycles. The van der Waals surface area contributed by atoms with Crippen LogP contribution in [0.25, 0.3) is 11.0 Å². The lowest BCUT2D eigenvalue weighted by Gasteiger charge is -2.30. The molecular weight excluding hydrogens is 476 g/mol. The molecule has 36 heavy (non-hydrogen) atoms. The van der Waals surface area contributed by atoms with Crippen LogP contribution in [0.15, 0.2) is 36.4 Å². The second kappa shape index (κ2) is 10.4. The van der Waals surface area contributed by atoms with Gasteiger partial charge in [0.1, 0.15) is 16.3 Å². The number of carbonyl (C=O) groups is 1. The minimum Gasteiger partial charge on any atom is -0.497 e. The van der Waals surface area contributed by atoms with E-state index in [1.165, 1.54) is 11.3 Å². The van der Waals surface area contributed by atoms with E-state index in [0.29, 0.717) is 19.8 Å². The molecule has 9 heteroatoms. The Morgan fingerprint density at radius 1 is 1.14 bits per heavy atom. The van der Waals surface area contributed by atoms with Crippen LogP contribution in [0.4, 0.5) is 0 Å². The number of aliphatic carboxylic acids is 1. The third-order valence-corrected chi connectivity index (χ3v) is 7.77. The fraction of sp³-hybridized carbons (Fsp3) is 0.407. The first-order valence-corrected chi connectivity index (χ1v) is 12.7. The normalized spacial score (nSPS) is 12.7. The largest absolute Gasteiger partial charge is 0.497 e. The van der Waals surface area contributed by atoms with Crippen molar-refractivity contribution in [2.45, 2.75) is 60.3 Å². The van der Waals surface area contributed by atoms with Gasteiger partial charge in [-0.3, -0.25) is 4.79 Å². The van der Waals surface area contributed by atoms with Crippen molar-refractivity contribution in [1.29, 1.82) is 0 Å². The van der Waals surface area contributed by atoms with Crippen molar-refractivity contribution in [3.05, 3.63) is 68.7 Å². The highest BCUT2D eigenvalue weighted by Gasteiger charge is 2.42. The third kappa shape index (κ3) is 4.85. The number of ether oxygens (including phenoxy) is 2. The van der Waals surface area contributed by atoms with Crippen LogP contribution < -0.4 is 4.74 Å². The lowest BCUT2D eigenvalue weighted by atomic mass is 9.74. The van der Waals surface area contributed by atoms with Gasteiger partial charge in [-0.2, -0.15) is 0 Å². The van der Waals surface area contributed by atoms with Gasteiger partial charge in [-0.25, -0.2) is 9.67 Å². The molecule has 0 spiro atoms. The van der Waals surface area contributed by atoms with E-state index in [1.807, 2.05) is 61.9 Å². The molecule has 0 unspecified atom stereocenters. The van der Waals surface area contributed by atoms with Crippen molar-refractivity contribution in [3.8, 4) is 5.75 Å². The summed E-state index contributed by atoms with van der Waals surface area (Å²) >= 11 is 1.52. The Morgan fingerprint density at radius 3 is 2.50 bits per heavy atom. The Morgan fingerprint density at radius 2 is 1.86 bits per heavy atom. The van der Waals surface area contributed by atoms with Gasteiger partial charge in [-0.15, -0.1) is 16.4 Å². The maximum absolute atomic E-state index is 12.4. The molecule has 0 aliphatic rings. The number of aromatic nitrogens is 4.